The third kappa shape index (κ3) is 4.39. The van der Waals surface area contributed by atoms with Crippen LogP contribution in [0.5, 0.6) is 5.75 Å². The van der Waals surface area contributed by atoms with Gasteiger partial charge in [0, 0.05) is 6.42 Å². The Labute approximate surface area is 124 Å². The summed E-state index contributed by atoms with van der Waals surface area (Å²) in [6, 6.07) is 5.16. The normalized spacial score (nSPS) is 16.3. The number of benzene rings is 1. The van der Waals surface area contributed by atoms with Crippen LogP contribution in [-0.4, -0.2) is 12.4 Å². The number of carbonyl (C=O) groups excluding carboxylic acids is 1. The molecule has 104 valence electrons. The van der Waals surface area contributed by atoms with Gasteiger partial charge in [0.1, 0.15) is 6.61 Å². The van der Waals surface area contributed by atoms with Crippen molar-refractivity contribution in [3.05, 3.63) is 28.2 Å². The molecule has 0 bridgehead atoms. The Balaban J connectivity index is 1.83. The maximum atomic E-state index is 11.9. The van der Waals surface area contributed by atoms with Crippen molar-refractivity contribution in [1.29, 1.82) is 0 Å². The zero-order chi connectivity index (χ0) is 13.7. The number of Topliss-reactive ketones (excluding diaryl/α,β-unsaturated/α-hetero) is 1. The molecule has 1 saturated carbocycles. The van der Waals surface area contributed by atoms with Crippen LogP contribution in [0.1, 0.15) is 38.5 Å². The average molecular weight is 301 g/mol. The average Bonchev–Trinajstić information content (AvgIpc) is 2.39. The molecule has 0 unspecified atom stereocenters. The first-order valence-corrected chi connectivity index (χ1v) is 7.51. The smallest absolute Gasteiger partial charge is 0.170 e. The fourth-order valence-corrected chi connectivity index (χ4v) is 3.05. The molecule has 0 aromatic heterocycles. The lowest BCUT2D eigenvalue weighted by atomic mass is 9.86. The summed E-state index contributed by atoms with van der Waals surface area (Å²) in [5.74, 6) is 1.07. The van der Waals surface area contributed by atoms with Crippen molar-refractivity contribution in [2.24, 2.45) is 5.92 Å². The lowest BCUT2D eigenvalue weighted by molar-refractivity contribution is -0.122. The number of ether oxygens (including phenoxy) is 1. The van der Waals surface area contributed by atoms with Crippen LogP contribution in [-0.2, 0) is 4.79 Å². The van der Waals surface area contributed by atoms with Crippen molar-refractivity contribution in [2.45, 2.75) is 38.5 Å². The Morgan fingerprint density at radius 1 is 1.16 bits per heavy atom. The highest BCUT2D eigenvalue weighted by molar-refractivity contribution is 6.37. The molecule has 0 aliphatic heterocycles. The predicted molar refractivity (Wildman–Crippen MR) is 78.2 cm³/mol. The lowest BCUT2D eigenvalue weighted by Crippen LogP contribution is -2.17. The molecule has 1 aliphatic rings. The van der Waals surface area contributed by atoms with Gasteiger partial charge in [0.2, 0.25) is 0 Å². The van der Waals surface area contributed by atoms with Crippen LogP contribution >= 0.6 is 23.2 Å². The van der Waals surface area contributed by atoms with Gasteiger partial charge in [-0.1, -0.05) is 61.4 Å². The highest BCUT2D eigenvalue weighted by Crippen LogP contribution is 2.32. The fraction of sp³-hybridized carbons (Fsp3) is 0.533. The number of para-hydroxylation sites is 1. The van der Waals surface area contributed by atoms with E-state index in [1.54, 1.807) is 18.2 Å². The van der Waals surface area contributed by atoms with Crippen molar-refractivity contribution in [2.75, 3.05) is 6.61 Å². The van der Waals surface area contributed by atoms with Crippen molar-refractivity contribution < 1.29 is 9.53 Å². The van der Waals surface area contributed by atoms with E-state index in [2.05, 4.69) is 0 Å². The van der Waals surface area contributed by atoms with Crippen LogP contribution in [0, 0.1) is 5.92 Å². The zero-order valence-corrected chi connectivity index (χ0v) is 12.3. The monoisotopic (exact) mass is 300 g/mol. The summed E-state index contributed by atoms with van der Waals surface area (Å²) in [5.41, 5.74) is 0. The minimum absolute atomic E-state index is 0.0555. The van der Waals surface area contributed by atoms with E-state index in [0.717, 1.165) is 0 Å². The standard InChI is InChI=1S/C15H18Cl2O2/c16-13-7-4-8-14(17)15(13)19-10-12(18)9-11-5-2-1-3-6-11/h4,7-8,11H,1-3,5-6,9-10H2. The van der Waals surface area contributed by atoms with Crippen LogP contribution < -0.4 is 4.74 Å². The molecule has 1 aromatic rings. The molecule has 4 heteroatoms. The number of rotatable bonds is 5. The van der Waals surface area contributed by atoms with Gasteiger partial charge >= 0.3 is 0 Å². The molecule has 0 radical (unpaired) electrons. The van der Waals surface area contributed by atoms with Gasteiger partial charge in [-0.15, -0.1) is 0 Å². The second kappa shape index (κ2) is 7.16. The van der Waals surface area contributed by atoms with Crippen LogP contribution in [0.3, 0.4) is 0 Å². The predicted octanol–water partition coefficient (Wildman–Crippen LogP) is 4.91. The van der Waals surface area contributed by atoms with Crippen LogP contribution in [0.25, 0.3) is 0 Å². The summed E-state index contributed by atoms with van der Waals surface area (Å²) in [6.45, 7) is 0.0555. The SMILES string of the molecule is O=C(COc1c(Cl)cccc1Cl)CC1CCCCC1. The molecule has 0 N–H and O–H groups in total. The van der Waals surface area contributed by atoms with E-state index in [1.807, 2.05) is 0 Å². The highest BCUT2D eigenvalue weighted by atomic mass is 35.5. The molecule has 0 amide bonds. The lowest BCUT2D eigenvalue weighted by Gasteiger charge is -2.20. The first-order chi connectivity index (χ1) is 9.16. The molecule has 19 heavy (non-hydrogen) atoms. The van der Waals surface area contributed by atoms with Crippen molar-refractivity contribution in [3.63, 3.8) is 0 Å². The van der Waals surface area contributed by atoms with E-state index >= 15 is 0 Å². The van der Waals surface area contributed by atoms with Crippen molar-refractivity contribution in [3.8, 4) is 5.75 Å². The molecule has 0 spiro atoms. The molecule has 1 aromatic carbocycles. The maximum absolute atomic E-state index is 11.9. The Kier molecular flexibility index (Phi) is 5.53. The van der Waals surface area contributed by atoms with E-state index in [4.69, 9.17) is 27.9 Å². The van der Waals surface area contributed by atoms with Gasteiger partial charge in [-0.25, -0.2) is 0 Å². The van der Waals surface area contributed by atoms with E-state index in [-0.39, 0.29) is 12.4 Å². The van der Waals surface area contributed by atoms with Crippen LogP contribution in [0.2, 0.25) is 10.0 Å². The molecular weight excluding hydrogens is 283 g/mol. The quantitative estimate of drug-likeness (QED) is 0.772. The largest absolute Gasteiger partial charge is 0.483 e. The van der Waals surface area contributed by atoms with Gasteiger partial charge in [-0.2, -0.15) is 0 Å². The number of carbonyl (C=O) groups is 1. The number of hydrogen-bond acceptors (Lipinski definition) is 2. The fourth-order valence-electron chi connectivity index (χ4n) is 2.55. The molecular formula is C15H18Cl2O2. The molecule has 1 aliphatic carbocycles. The minimum Gasteiger partial charge on any atom is -0.483 e. The second-order valence-corrected chi connectivity index (χ2v) is 5.90. The van der Waals surface area contributed by atoms with Gasteiger partial charge in [-0.3, -0.25) is 4.79 Å². The van der Waals surface area contributed by atoms with Gasteiger partial charge in [-0.05, 0) is 18.1 Å². The Morgan fingerprint density at radius 3 is 2.42 bits per heavy atom. The van der Waals surface area contributed by atoms with Crippen molar-refractivity contribution in [1.82, 2.24) is 0 Å². The molecule has 0 saturated heterocycles. The molecule has 0 atom stereocenters. The van der Waals surface area contributed by atoms with Crippen LogP contribution in [0.4, 0.5) is 0 Å². The van der Waals surface area contributed by atoms with Gasteiger partial charge < -0.3 is 4.74 Å². The van der Waals surface area contributed by atoms with E-state index in [1.165, 1.54) is 32.1 Å². The Hall–Kier alpha value is -0.730. The minimum atomic E-state index is 0.0555. The highest BCUT2D eigenvalue weighted by Gasteiger charge is 2.18. The molecule has 2 rings (SSSR count). The first kappa shape index (κ1) is 14.7. The molecule has 0 heterocycles. The topological polar surface area (TPSA) is 26.3 Å². The zero-order valence-electron chi connectivity index (χ0n) is 10.8. The third-order valence-corrected chi connectivity index (χ3v) is 4.13. The van der Waals surface area contributed by atoms with E-state index in [0.29, 0.717) is 28.1 Å². The van der Waals surface area contributed by atoms with E-state index in [9.17, 15) is 4.79 Å². The number of halogens is 2. The number of ketones is 1. The molecule has 2 nitrogen and oxygen atoms in total. The second-order valence-electron chi connectivity index (χ2n) is 5.09. The molecule has 1 fully saturated rings. The summed E-state index contributed by atoms with van der Waals surface area (Å²) in [7, 11) is 0. The van der Waals surface area contributed by atoms with Crippen molar-refractivity contribution >= 4 is 29.0 Å². The summed E-state index contributed by atoms with van der Waals surface area (Å²) >= 11 is 12.0. The van der Waals surface area contributed by atoms with Crippen LogP contribution in [0.15, 0.2) is 18.2 Å². The summed E-state index contributed by atoms with van der Waals surface area (Å²) < 4.78 is 5.46. The summed E-state index contributed by atoms with van der Waals surface area (Å²) in [4.78, 5) is 11.9. The maximum Gasteiger partial charge on any atom is 0.170 e. The third-order valence-electron chi connectivity index (χ3n) is 3.54. The van der Waals surface area contributed by atoms with Gasteiger partial charge in [0.05, 0.1) is 10.0 Å². The first-order valence-electron chi connectivity index (χ1n) is 6.75. The van der Waals surface area contributed by atoms with E-state index < -0.39 is 0 Å². The van der Waals surface area contributed by atoms with Gasteiger partial charge in [0.15, 0.2) is 11.5 Å². The Bertz CT molecular complexity index is 420. The number of hydrogen-bond donors (Lipinski definition) is 0. The Morgan fingerprint density at radius 2 is 1.79 bits per heavy atom. The van der Waals surface area contributed by atoms with Gasteiger partial charge in [0.25, 0.3) is 0 Å². The summed E-state index contributed by atoms with van der Waals surface area (Å²) in [5, 5.41) is 0.885. The summed E-state index contributed by atoms with van der Waals surface area (Å²) in [6.07, 6.45) is 6.74.